The maximum absolute atomic E-state index is 9.34. The molecule has 2 rings (SSSR count). The number of piperazine rings is 1. The first-order chi connectivity index (χ1) is 8.69. The van der Waals surface area contributed by atoms with Gasteiger partial charge in [0, 0.05) is 44.3 Å². The number of rotatable bonds is 7. The van der Waals surface area contributed by atoms with Crippen molar-refractivity contribution in [1.82, 2.24) is 15.1 Å². The molecule has 1 aliphatic heterocycles. The van der Waals surface area contributed by atoms with E-state index >= 15 is 0 Å². The van der Waals surface area contributed by atoms with Crippen molar-refractivity contribution >= 4 is 0 Å². The van der Waals surface area contributed by atoms with Gasteiger partial charge in [-0.1, -0.05) is 13.8 Å². The predicted molar refractivity (Wildman–Crippen MR) is 74.8 cm³/mol. The molecular weight excluding hydrogens is 226 g/mol. The molecule has 4 nitrogen and oxygen atoms in total. The smallest absolute Gasteiger partial charge is 0.0585 e. The second-order valence-electron chi connectivity index (χ2n) is 6.10. The summed E-state index contributed by atoms with van der Waals surface area (Å²) in [6.07, 6.45) is 3.90. The third-order valence-corrected chi connectivity index (χ3v) is 4.05. The number of nitrogens with zero attached hydrogens (tertiary/aromatic N) is 2. The highest BCUT2D eigenvalue weighted by Crippen LogP contribution is 2.27. The van der Waals surface area contributed by atoms with Crippen molar-refractivity contribution in [3.8, 4) is 0 Å². The lowest BCUT2D eigenvalue weighted by molar-refractivity contribution is 0.117. The summed E-state index contributed by atoms with van der Waals surface area (Å²) in [5.74, 6) is 0. The summed E-state index contributed by atoms with van der Waals surface area (Å²) in [6, 6.07) is 1.63. The quantitative estimate of drug-likeness (QED) is 0.695. The molecule has 1 saturated heterocycles. The van der Waals surface area contributed by atoms with Gasteiger partial charge in [-0.2, -0.15) is 0 Å². The normalized spacial score (nSPS) is 24.7. The van der Waals surface area contributed by atoms with Crippen molar-refractivity contribution in [3.63, 3.8) is 0 Å². The highest BCUT2D eigenvalue weighted by atomic mass is 16.3. The number of aliphatic hydroxyl groups excluding tert-OH is 1. The number of hydrogen-bond donors (Lipinski definition) is 2. The van der Waals surface area contributed by atoms with E-state index in [9.17, 15) is 5.11 Å². The van der Waals surface area contributed by atoms with E-state index in [2.05, 4.69) is 29.0 Å². The van der Waals surface area contributed by atoms with Gasteiger partial charge in [0.05, 0.1) is 6.61 Å². The van der Waals surface area contributed by atoms with Crippen LogP contribution in [-0.4, -0.2) is 72.4 Å². The van der Waals surface area contributed by atoms with Gasteiger partial charge in [-0.15, -0.1) is 0 Å². The fourth-order valence-electron chi connectivity index (χ4n) is 2.83. The molecule has 0 aromatic carbocycles. The number of aliphatic hydroxyl groups is 1. The maximum atomic E-state index is 9.34. The molecule has 18 heavy (non-hydrogen) atoms. The average molecular weight is 255 g/mol. The van der Waals surface area contributed by atoms with Gasteiger partial charge in [-0.05, 0) is 25.8 Å². The van der Waals surface area contributed by atoms with Gasteiger partial charge in [0.25, 0.3) is 0 Å². The lowest BCUT2D eigenvalue weighted by atomic mass is 10.1. The van der Waals surface area contributed by atoms with E-state index in [0.717, 1.165) is 19.0 Å². The molecule has 4 heteroatoms. The van der Waals surface area contributed by atoms with Crippen LogP contribution in [0.3, 0.4) is 0 Å². The van der Waals surface area contributed by atoms with Crippen LogP contribution in [0, 0.1) is 0 Å². The minimum absolute atomic E-state index is 0.250. The first-order valence-electron chi connectivity index (χ1n) is 7.52. The van der Waals surface area contributed by atoms with Gasteiger partial charge in [0.2, 0.25) is 0 Å². The Hall–Kier alpha value is -0.160. The van der Waals surface area contributed by atoms with E-state index < -0.39 is 0 Å². The lowest BCUT2D eigenvalue weighted by Gasteiger charge is -2.35. The number of hydrogen-bond acceptors (Lipinski definition) is 4. The summed E-state index contributed by atoms with van der Waals surface area (Å²) in [6.45, 7) is 10.5. The molecule has 2 fully saturated rings. The van der Waals surface area contributed by atoms with Gasteiger partial charge in [0.15, 0.2) is 0 Å². The van der Waals surface area contributed by atoms with Crippen LogP contribution in [-0.2, 0) is 0 Å². The molecule has 2 N–H and O–H groups in total. The van der Waals surface area contributed by atoms with Crippen LogP contribution in [0.1, 0.15) is 33.1 Å². The van der Waals surface area contributed by atoms with Crippen molar-refractivity contribution in [2.45, 2.75) is 51.2 Å². The van der Waals surface area contributed by atoms with Crippen LogP contribution in [0.5, 0.6) is 0 Å². The number of nitrogens with one attached hydrogen (secondary N) is 1. The van der Waals surface area contributed by atoms with E-state index in [1.54, 1.807) is 0 Å². The summed E-state index contributed by atoms with van der Waals surface area (Å²) < 4.78 is 0. The fraction of sp³-hybridized carbons (Fsp3) is 1.00. The second-order valence-corrected chi connectivity index (χ2v) is 6.10. The molecule has 1 saturated carbocycles. The first-order valence-corrected chi connectivity index (χ1v) is 7.52. The van der Waals surface area contributed by atoms with Gasteiger partial charge in [-0.25, -0.2) is 0 Å². The molecule has 106 valence electrons. The van der Waals surface area contributed by atoms with Crippen LogP contribution < -0.4 is 5.32 Å². The van der Waals surface area contributed by atoms with Crippen LogP contribution in [0.25, 0.3) is 0 Å². The van der Waals surface area contributed by atoms with Gasteiger partial charge in [-0.3, -0.25) is 4.90 Å². The summed E-state index contributed by atoms with van der Waals surface area (Å²) in [4.78, 5) is 5.19. The van der Waals surface area contributed by atoms with Crippen molar-refractivity contribution in [3.05, 3.63) is 0 Å². The van der Waals surface area contributed by atoms with Crippen molar-refractivity contribution in [2.24, 2.45) is 0 Å². The fourth-order valence-corrected chi connectivity index (χ4v) is 2.83. The summed E-state index contributed by atoms with van der Waals surface area (Å²) in [5, 5.41) is 12.8. The Balaban J connectivity index is 1.61. The van der Waals surface area contributed by atoms with Gasteiger partial charge in [0.1, 0.15) is 0 Å². The Morgan fingerprint density at radius 2 is 1.83 bits per heavy atom. The van der Waals surface area contributed by atoms with Crippen molar-refractivity contribution < 1.29 is 5.11 Å². The highest BCUT2D eigenvalue weighted by Gasteiger charge is 2.31. The third kappa shape index (κ3) is 4.50. The minimum atomic E-state index is 0.250. The first kappa shape index (κ1) is 14.3. The zero-order chi connectivity index (χ0) is 13.0. The minimum Gasteiger partial charge on any atom is -0.395 e. The van der Waals surface area contributed by atoms with E-state index in [1.165, 1.54) is 39.0 Å². The molecular formula is C14H29N3O. The van der Waals surface area contributed by atoms with Crippen LogP contribution in [0.15, 0.2) is 0 Å². The maximum Gasteiger partial charge on any atom is 0.0585 e. The van der Waals surface area contributed by atoms with Crippen LogP contribution >= 0.6 is 0 Å². The Bertz CT molecular complexity index is 235. The van der Waals surface area contributed by atoms with Crippen LogP contribution in [0.2, 0.25) is 0 Å². The van der Waals surface area contributed by atoms with Crippen molar-refractivity contribution in [1.29, 1.82) is 0 Å². The topological polar surface area (TPSA) is 38.7 Å². The van der Waals surface area contributed by atoms with E-state index in [0.29, 0.717) is 6.04 Å². The van der Waals surface area contributed by atoms with E-state index in [-0.39, 0.29) is 12.6 Å². The average Bonchev–Trinajstić information content (AvgIpc) is 3.19. The van der Waals surface area contributed by atoms with E-state index in [1.807, 2.05) is 0 Å². The summed E-state index contributed by atoms with van der Waals surface area (Å²) >= 11 is 0. The SMILES string of the molecule is CC(C)NC(CO)CCN1CCN(C2CC2)CC1. The molecule has 1 aliphatic carbocycles. The Morgan fingerprint density at radius 1 is 1.17 bits per heavy atom. The highest BCUT2D eigenvalue weighted by molar-refractivity contribution is 4.87. The lowest BCUT2D eigenvalue weighted by Crippen LogP contribution is -2.48. The zero-order valence-corrected chi connectivity index (χ0v) is 11.9. The predicted octanol–water partition coefficient (Wildman–Crippen LogP) is 0.515. The molecule has 2 aliphatic rings. The Kier molecular flexibility index (Phi) is 5.42. The monoisotopic (exact) mass is 255 g/mol. The molecule has 0 bridgehead atoms. The molecule has 1 atom stereocenters. The molecule has 1 unspecified atom stereocenters. The van der Waals surface area contributed by atoms with Gasteiger partial charge < -0.3 is 15.3 Å². The molecule has 1 heterocycles. The molecule has 0 aromatic rings. The summed E-state index contributed by atoms with van der Waals surface area (Å²) in [7, 11) is 0. The van der Waals surface area contributed by atoms with Gasteiger partial charge >= 0.3 is 0 Å². The summed E-state index contributed by atoms with van der Waals surface area (Å²) in [5.41, 5.74) is 0. The molecule has 0 spiro atoms. The van der Waals surface area contributed by atoms with Crippen molar-refractivity contribution in [2.75, 3.05) is 39.3 Å². The molecule has 0 amide bonds. The largest absolute Gasteiger partial charge is 0.395 e. The standard InChI is InChI=1S/C14H29N3O/c1-12(2)15-13(11-18)5-6-16-7-9-17(10-8-16)14-3-4-14/h12-15,18H,3-11H2,1-2H3. The third-order valence-electron chi connectivity index (χ3n) is 4.05. The van der Waals surface area contributed by atoms with Crippen LogP contribution in [0.4, 0.5) is 0 Å². The Labute approximate surface area is 111 Å². The Morgan fingerprint density at radius 3 is 2.33 bits per heavy atom. The zero-order valence-electron chi connectivity index (χ0n) is 11.9. The second kappa shape index (κ2) is 6.85. The molecule has 0 radical (unpaired) electrons. The molecule has 0 aromatic heterocycles. The van der Waals surface area contributed by atoms with E-state index in [4.69, 9.17) is 0 Å².